The van der Waals surface area contributed by atoms with Crippen molar-refractivity contribution in [2.75, 3.05) is 19.7 Å². The zero-order chi connectivity index (χ0) is 26.6. The third-order valence-electron chi connectivity index (χ3n) is 7.22. The van der Waals surface area contributed by atoms with Crippen molar-refractivity contribution in [3.05, 3.63) is 73.1 Å². The molecule has 0 unspecified atom stereocenters. The molecule has 2 amide bonds. The summed E-state index contributed by atoms with van der Waals surface area (Å²) >= 11 is 0.963. The number of pyridine rings is 1. The van der Waals surface area contributed by atoms with Crippen molar-refractivity contribution in [2.24, 2.45) is 0 Å². The topological polar surface area (TPSA) is 138 Å². The Hall–Kier alpha value is -3.57. The Labute approximate surface area is 224 Å². The summed E-state index contributed by atoms with van der Waals surface area (Å²) in [5.41, 5.74) is 5.15. The minimum absolute atomic E-state index is 0.254. The van der Waals surface area contributed by atoms with E-state index in [4.69, 9.17) is 9.72 Å². The molecule has 10 nitrogen and oxygen atoms in total. The van der Waals surface area contributed by atoms with Crippen LogP contribution in [0, 0.1) is 6.92 Å². The van der Waals surface area contributed by atoms with E-state index in [2.05, 4.69) is 21.6 Å². The lowest BCUT2D eigenvalue weighted by atomic mass is 9.92. The van der Waals surface area contributed by atoms with Gasteiger partial charge in [0.05, 0.1) is 5.92 Å². The van der Waals surface area contributed by atoms with E-state index in [1.165, 1.54) is 34.6 Å². The Morgan fingerprint density at radius 3 is 2.76 bits per heavy atom. The Kier molecular flexibility index (Phi) is 7.85. The number of likely N-dealkylation sites (tertiary alicyclic amines) is 1. The molecular weight excluding hydrogens is 506 g/mol. The number of benzene rings is 1. The van der Waals surface area contributed by atoms with Gasteiger partial charge in [0, 0.05) is 36.1 Å². The molecule has 2 atom stereocenters. The number of carbonyl (C=O) groups excluding carboxylic acids is 2. The van der Waals surface area contributed by atoms with Crippen LogP contribution in [-0.2, 0) is 24.2 Å². The summed E-state index contributed by atoms with van der Waals surface area (Å²) in [5.74, 6) is -0.323. The first-order valence-corrected chi connectivity index (χ1v) is 13.7. The highest BCUT2D eigenvalue weighted by Gasteiger charge is 2.35. The summed E-state index contributed by atoms with van der Waals surface area (Å²) in [7, 11) is 0. The zero-order valence-corrected chi connectivity index (χ0v) is 22.1. The number of ether oxygens (including phenoxy) is 1. The molecule has 11 heteroatoms. The number of aryl methyl sites for hydroxylation is 2. The third kappa shape index (κ3) is 5.78. The van der Waals surface area contributed by atoms with E-state index in [9.17, 15) is 19.5 Å². The van der Waals surface area contributed by atoms with Crippen LogP contribution in [0.4, 0.5) is 0 Å². The number of aromatic amines is 1. The molecular formula is C27H31N5O5S. The quantitative estimate of drug-likeness (QED) is 0.420. The van der Waals surface area contributed by atoms with Crippen molar-refractivity contribution in [3.63, 3.8) is 0 Å². The second-order valence-corrected chi connectivity index (χ2v) is 10.8. The minimum atomic E-state index is -0.585. The first kappa shape index (κ1) is 26.1. The fraction of sp³-hybridized carbons (Fsp3) is 0.444. The molecule has 1 fully saturated rings. The van der Waals surface area contributed by atoms with E-state index >= 15 is 0 Å². The molecule has 1 aliphatic heterocycles. The summed E-state index contributed by atoms with van der Waals surface area (Å²) in [4.78, 5) is 42.8. The van der Waals surface area contributed by atoms with E-state index in [1.807, 2.05) is 6.92 Å². The molecule has 0 saturated carbocycles. The van der Waals surface area contributed by atoms with Crippen LogP contribution in [-0.4, -0.2) is 62.7 Å². The lowest BCUT2D eigenvalue weighted by Gasteiger charge is -2.37. The van der Waals surface area contributed by atoms with Crippen LogP contribution in [0.2, 0.25) is 0 Å². The first-order valence-electron chi connectivity index (χ1n) is 12.9. The van der Waals surface area contributed by atoms with Gasteiger partial charge >= 0.3 is 4.87 Å². The largest absolute Gasteiger partial charge is 0.489 e. The van der Waals surface area contributed by atoms with Crippen molar-refractivity contribution in [1.82, 2.24) is 25.4 Å². The second-order valence-electron chi connectivity index (χ2n) is 9.79. The summed E-state index contributed by atoms with van der Waals surface area (Å²) in [6.45, 7) is 2.53. The number of hydrogen-bond donors (Lipinski definition) is 3. The number of piperidine rings is 1. The van der Waals surface area contributed by atoms with Gasteiger partial charge in [-0.25, -0.2) is 5.10 Å². The molecule has 2 aromatic heterocycles. The predicted molar refractivity (Wildman–Crippen MR) is 141 cm³/mol. The number of aromatic nitrogens is 3. The summed E-state index contributed by atoms with van der Waals surface area (Å²) in [5, 5.41) is 19.3. The SMILES string of the molecule is Cc1cc(COc2ccc(C(=O)N[C@@H]3CCN(C(=O)CO)C[C@@H]3c3n[nH]c(=O)s3)cc2)c2c(n1)CCCC2. The maximum absolute atomic E-state index is 13.1. The monoisotopic (exact) mass is 537 g/mol. The third-order valence-corrected chi connectivity index (χ3v) is 8.10. The highest BCUT2D eigenvalue weighted by atomic mass is 32.1. The van der Waals surface area contributed by atoms with Gasteiger partial charge in [0.1, 0.15) is 24.0 Å². The van der Waals surface area contributed by atoms with Crippen molar-refractivity contribution in [2.45, 2.75) is 57.6 Å². The van der Waals surface area contributed by atoms with E-state index in [1.54, 1.807) is 24.3 Å². The van der Waals surface area contributed by atoms with Gasteiger partial charge in [-0.05, 0) is 80.5 Å². The Balaban J connectivity index is 1.24. The molecule has 3 aromatic rings. The predicted octanol–water partition coefficient (Wildman–Crippen LogP) is 2.10. The maximum atomic E-state index is 13.1. The molecule has 200 valence electrons. The average molecular weight is 538 g/mol. The van der Waals surface area contributed by atoms with Crippen molar-refractivity contribution >= 4 is 23.2 Å². The lowest BCUT2D eigenvalue weighted by molar-refractivity contribution is -0.135. The normalized spacial score (nSPS) is 19.1. The average Bonchev–Trinajstić information content (AvgIpc) is 3.37. The van der Waals surface area contributed by atoms with Gasteiger partial charge in [-0.1, -0.05) is 11.3 Å². The highest BCUT2D eigenvalue weighted by Crippen LogP contribution is 2.28. The number of hydrogen-bond acceptors (Lipinski definition) is 8. The van der Waals surface area contributed by atoms with Crippen LogP contribution >= 0.6 is 11.3 Å². The molecule has 0 radical (unpaired) electrons. The van der Waals surface area contributed by atoms with Crippen molar-refractivity contribution in [1.29, 1.82) is 0 Å². The highest BCUT2D eigenvalue weighted by molar-refractivity contribution is 7.08. The summed E-state index contributed by atoms with van der Waals surface area (Å²) in [6.07, 6.45) is 4.88. The van der Waals surface area contributed by atoms with Crippen LogP contribution in [0.1, 0.15) is 63.1 Å². The summed E-state index contributed by atoms with van der Waals surface area (Å²) in [6, 6.07) is 8.80. The molecule has 0 bridgehead atoms. The maximum Gasteiger partial charge on any atom is 0.322 e. The molecule has 1 aromatic carbocycles. The molecule has 38 heavy (non-hydrogen) atoms. The van der Waals surface area contributed by atoms with Gasteiger partial charge in [0.15, 0.2) is 0 Å². The molecule has 3 heterocycles. The second kappa shape index (κ2) is 11.4. The number of H-pyrrole nitrogens is 1. The molecule has 0 spiro atoms. The fourth-order valence-electron chi connectivity index (χ4n) is 5.29. The number of nitrogens with one attached hydrogen (secondary N) is 2. The van der Waals surface area contributed by atoms with Crippen LogP contribution in [0.5, 0.6) is 5.75 Å². The number of nitrogens with zero attached hydrogens (tertiary/aromatic N) is 3. The Morgan fingerprint density at radius 2 is 2.03 bits per heavy atom. The van der Waals surface area contributed by atoms with E-state index in [0.717, 1.165) is 29.9 Å². The first-order chi connectivity index (χ1) is 18.4. The molecule has 1 aliphatic carbocycles. The number of amides is 2. The number of rotatable bonds is 7. The van der Waals surface area contributed by atoms with Crippen LogP contribution in [0.3, 0.4) is 0 Å². The Bertz CT molecular complexity index is 1370. The van der Waals surface area contributed by atoms with Gasteiger partial charge in [0.25, 0.3) is 5.91 Å². The Morgan fingerprint density at radius 1 is 1.24 bits per heavy atom. The van der Waals surface area contributed by atoms with E-state index in [0.29, 0.717) is 35.9 Å². The van der Waals surface area contributed by atoms with Gasteiger partial charge in [-0.3, -0.25) is 19.4 Å². The van der Waals surface area contributed by atoms with Gasteiger partial charge in [0.2, 0.25) is 5.91 Å². The molecule has 2 aliphatic rings. The van der Waals surface area contributed by atoms with E-state index < -0.39 is 6.61 Å². The fourth-order valence-corrected chi connectivity index (χ4v) is 6.05. The van der Waals surface area contributed by atoms with Crippen molar-refractivity contribution in [3.8, 4) is 5.75 Å². The standard InChI is InChI=1S/C27H31N5O5S/c1-16-12-18(20-4-2-3-5-22(20)28-16)15-37-19-8-6-17(7-9-19)25(35)29-23-10-11-32(24(34)14-33)13-21(23)26-30-31-27(36)38-26/h6-9,12,21,23,33H,2-5,10-11,13-15H2,1H3,(H,29,35)(H,31,36)/t21-,23+/m0/s1. The van der Waals surface area contributed by atoms with Crippen LogP contribution in [0.25, 0.3) is 0 Å². The minimum Gasteiger partial charge on any atom is -0.489 e. The molecule has 3 N–H and O–H groups in total. The molecule has 5 rings (SSSR count). The zero-order valence-electron chi connectivity index (χ0n) is 21.2. The lowest BCUT2D eigenvalue weighted by Crippen LogP contribution is -2.51. The van der Waals surface area contributed by atoms with Gasteiger partial charge < -0.3 is 20.1 Å². The van der Waals surface area contributed by atoms with Crippen molar-refractivity contribution < 1.29 is 19.4 Å². The number of carbonyl (C=O) groups is 2. The van der Waals surface area contributed by atoms with Crippen LogP contribution < -0.4 is 14.9 Å². The van der Waals surface area contributed by atoms with Crippen LogP contribution in [0.15, 0.2) is 35.1 Å². The smallest absolute Gasteiger partial charge is 0.322 e. The number of fused-ring (bicyclic) bond motifs is 1. The van der Waals surface area contributed by atoms with E-state index in [-0.39, 0.29) is 35.2 Å². The van der Waals surface area contributed by atoms with Gasteiger partial charge in [-0.15, -0.1) is 0 Å². The molecule has 1 saturated heterocycles. The van der Waals surface area contributed by atoms with Gasteiger partial charge in [-0.2, -0.15) is 5.10 Å². The summed E-state index contributed by atoms with van der Waals surface area (Å²) < 4.78 is 6.06. The number of aliphatic hydroxyl groups is 1. The number of aliphatic hydroxyl groups excluding tert-OH is 1.